The maximum atomic E-state index is 13.8. The van der Waals surface area contributed by atoms with E-state index < -0.39 is 42.0 Å². The number of carbonyl (C=O) groups is 3. The van der Waals surface area contributed by atoms with Gasteiger partial charge in [-0.2, -0.15) is 0 Å². The third-order valence-electron chi connectivity index (χ3n) is 9.09. The Hall–Kier alpha value is -3.74. The fourth-order valence-corrected chi connectivity index (χ4v) is 6.33. The van der Waals surface area contributed by atoms with Crippen LogP contribution in [0.5, 0.6) is 0 Å². The van der Waals surface area contributed by atoms with E-state index in [9.17, 15) is 24.6 Å². The number of pyridine rings is 1. The van der Waals surface area contributed by atoms with Crippen molar-refractivity contribution in [3.8, 4) is 12.3 Å². The van der Waals surface area contributed by atoms with E-state index in [0.29, 0.717) is 38.1 Å². The largest absolute Gasteiger partial charge is 0.390 e. The van der Waals surface area contributed by atoms with Crippen LogP contribution in [-0.4, -0.2) is 75.7 Å². The van der Waals surface area contributed by atoms with Gasteiger partial charge in [0.15, 0.2) is 0 Å². The maximum Gasteiger partial charge on any atom is 0.243 e. The van der Waals surface area contributed by atoms with Crippen LogP contribution in [-0.2, 0) is 27.2 Å². The summed E-state index contributed by atoms with van der Waals surface area (Å²) in [5, 5.41) is 27.8. The highest BCUT2D eigenvalue weighted by Gasteiger charge is 2.34. The maximum absolute atomic E-state index is 13.8. The molecule has 1 aliphatic rings. The second-order valence-corrected chi connectivity index (χ2v) is 13.5. The van der Waals surface area contributed by atoms with Crippen molar-refractivity contribution < 1.29 is 24.6 Å². The number of amides is 3. The summed E-state index contributed by atoms with van der Waals surface area (Å²) in [6.45, 7) is 4.39. The Balaban J connectivity index is 1.73. The van der Waals surface area contributed by atoms with Crippen molar-refractivity contribution in [1.82, 2.24) is 20.5 Å². The minimum absolute atomic E-state index is 0.0474. The normalized spacial score (nSPS) is 16.7. The molecule has 0 bridgehead atoms. The quantitative estimate of drug-likeness (QED) is 0.181. The highest BCUT2D eigenvalue weighted by molar-refractivity contribution is 5.91. The minimum Gasteiger partial charge on any atom is -0.390 e. The molecule has 9 heteroatoms. The SMILES string of the molecule is C#CC[C@H](NC(=O)C(CC(=O)N(C)CCc1ccccn1)Cc1ccccc1)C(=O)NC(CC1CCCCC1)[C@@H](O)[C@@H](O)CC(C)C. The Labute approximate surface area is 280 Å². The third kappa shape index (κ3) is 13.1. The first-order chi connectivity index (χ1) is 22.6. The zero-order chi connectivity index (χ0) is 34.2. The number of terminal acetylenes is 1. The van der Waals surface area contributed by atoms with Crippen molar-refractivity contribution in [3.05, 3.63) is 66.0 Å². The van der Waals surface area contributed by atoms with Crippen LogP contribution in [0.2, 0.25) is 0 Å². The number of aromatic nitrogens is 1. The lowest BCUT2D eigenvalue weighted by Crippen LogP contribution is -2.56. The van der Waals surface area contributed by atoms with Gasteiger partial charge >= 0.3 is 0 Å². The van der Waals surface area contributed by atoms with Gasteiger partial charge in [0.25, 0.3) is 0 Å². The smallest absolute Gasteiger partial charge is 0.243 e. The van der Waals surface area contributed by atoms with E-state index in [1.54, 1.807) is 18.1 Å². The lowest BCUT2D eigenvalue weighted by molar-refractivity contribution is -0.136. The summed E-state index contributed by atoms with van der Waals surface area (Å²) in [6, 6.07) is 13.4. The predicted molar refractivity (Wildman–Crippen MR) is 184 cm³/mol. The van der Waals surface area contributed by atoms with Crippen molar-refractivity contribution in [2.45, 2.75) is 109 Å². The third-order valence-corrected chi connectivity index (χ3v) is 9.09. The first-order valence-electron chi connectivity index (χ1n) is 17.2. The summed E-state index contributed by atoms with van der Waals surface area (Å²) in [6.07, 6.45) is 12.3. The molecule has 2 unspecified atom stereocenters. The second kappa shape index (κ2) is 19.8. The van der Waals surface area contributed by atoms with E-state index >= 15 is 0 Å². The lowest BCUT2D eigenvalue weighted by Gasteiger charge is -2.33. The second-order valence-electron chi connectivity index (χ2n) is 13.5. The number of hydrogen-bond donors (Lipinski definition) is 4. The highest BCUT2D eigenvalue weighted by Crippen LogP contribution is 2.29. The summed E-state index contributed by atoms with van der Waals surface area (Å²) >= 11 is 0. The summed E-state index contributed by atoms with van der Waals surface area (Å²) in [4.78, 5) is 46.8. The Bertz CT molecular complexity index is 1280. The van der Waals surface area contributed by atoms with E-state index in [-0.39, 0.29) is 24.7 Å². The van der Waals surface area contributed by atoms with Gasteiger partial charge < -0.3 is 25.7 Å². The average Bonchev–Trinajstić information content (AvgIpc) is 3.07. The average molecular weight is 647 g/mol. The van der Waals surface area contributed by atoms with Crippen LogP contribution in [0.3, 0.4) is 0 Å². The van der Waals surface area contributed by atoms with Crippen LogP contribution >= 0.6 is 0 Å². The molecule has 1 aliphatic carbocycles. The number of rotatable bonds is 18. The van der Waals surface area contributed by atoms with Gasteiger partial charge in [-0.15, -0.1) is 12.3 Å². The zero-order valence-corrected chi connectivity index (χ0v) is 28.3. The predicted octanol–water partition coefficient (Wildman–Crippen LogP) is 4.06. The van der Waals surface area contributed by atoms with E-state index in [1.165, 1.54) is 6.42 Å². The van der Waals surface area contributed by atoms with Gasteiger partial charge in [0, 0.05) is 44.7 Å². The fraction of sp³-hybridized carbons (Fsp3) is 0.579. The number of carbonyl (C=O) groups excluding carboxylic acids is 3. The number of nitrogens with one attached hydrogen (secondary N) is 2. The van der Waals surface area contributed by atoms with Crippen LogP contribution in [0.15, 0.2) is 54.7 Å². The Morgan fingerprint density at radius 1 is 1.00 bits per heavy atom. The molecule has 47 heavy (non-hydrogen) atoms. The first kappa shape index (κ1) is 37.7. The topological polar surface area (TPSA) is 132 Å². The fourth-order valence-electron chi connectivity index (χ4n) is 6.33. The van der Waals surface area contributed by atoms with Crippen molar-refractivity contribution in [3.63, 3.8) is 0 Å². The summed E-state index contributed by atoms with van der Waals surface area (Å²) < 4.78 is 0. The number of nitrogens with zero attached hydrogens (tertiary/aromatic N) is 2. The highest BCUT2D eigenvalue weighted by atomic mass is 16.3. The van der Waals surface area contributed by atoms with Crippen molar-refractivity contribution in [2.24, 2.45) is 17.8 Å². The van der Waals surface area contributed by atoms with E-state index in [0.717, 1.165) is 36.9 Å². The van der Waals surface area contributed by atoms with Crippen LogP contribution in [0.25, 0.3) is 0 Å². The molecule has 5 atom stereocenters. The summed E-state index contributed by atoms with van der Waals surface area (Å²) in [5.74, 6) is 1.10. The van der Waals surface area contributed by atoms with Gasteiger partial charge in [-0.05, 0) is 48.8 Å². The van der Waals surface area contributed by atoms with Crippen LogP contribution in [0, 0.1) is 30.1 Å². The van der Waals surface area contributed by atoms with Crippen molar-refractivity contribution in [2.75, 3.05) is 13.6 Å². The molecule has 0 aliphatic heterocycles. The molecule has 1 fully saturated rings. The molecule has 4 N–H and O–H groups in total. The molecule has 3 amide bonds. The molecule has 1 aromatic carbocycles. The molecule has 1 saturated carbocycles. The number of hydrogen-bond acceptors (Lipinski definition) is 6. The van der Waals surface area contributed by atoms with Gasteiger partial charge in [-0.3, -0.25) is 19.4 Å². The minimum atomic E-state index is -1.16. The molecule has 0 radical (unpaired) electrons. The molecule has 0 saturated heterocycles. The van der Waals surface area contributed by atoms with Crippen molar-refractivity contribution >= 4 is 17.7 Å². The van der Waals surface area contributed by atoms with Gasteiger partial charge in [-0.1, -0.05) is 82.3 Å². The zero-order valence-electron chi connectivity index (χ0n) is 28.3. The molecular weight excluding hydrogens is 592 g/mol. The Morgan fingerprint density at radius 3 is 2.34 bits per heavy atom. The van der Waals surface area contributed by atoms with E-state index in [1.807, 2.05) is 62.4 Å². The van der Waals surface area contributed by atoms with Gasteiger partial charge in [-0.25, -0.2) is 0 Å². The van der Waals surface area contributed by atoms with Crippen LogP contribution < -0.4 is 10.6 Å². The van der Waals surface area contributed by atoms with E-state index in [2.05, 4.69) is 21.5 Å². The standard InChI is InChI=1S/C38H54N4O5/c1-5-14-32(38(47)41-33(25-29-17-10-7-11-18-29)36(45)34(43)23-27(2)3)40-37(46)30(24-28-15-8-6-9-16-28)26-35(44)42(4)22-20-31-19-12-13-21-39-31/h1,6,8-9,12-13,15-16,19,21,27,29-30,32-34,36,43,45H,7,10-11,14,17-18,20,22-26H2,2-4H3,(H,40,46)(H,41,47)/t30?,32-,33?,34-,36+/m0/s1. The molecule has 1 heterocycles. The number of aliphatic hydroxyl groups is 2. The van der Waals surface area contributed by atoms with Crippen LogP contribution in [0.1, 0.15) is 82.9 Å². The lowest BCUT2D eigenvalue weighted by atomic mass is 9.82. The molecule has 0 spiro atoms. The van der Waals surface area contributed by atoms with Gasteiger partial charge in [0.1, 0.15) is 12.1 Å². The number of aliphatic hydroxyl groups excluding tert-OH is 2. The summed E-state index contributed by atoms with van der Waals surface area (Å²) in [5.41, 5.74) is 1.77. The molecule has 256 valence electrons. The van der Waals surface area contributed by atoms with Crippen molar-refractivity contribution in [1.29, 1.82) is 0 Å². The Morgan fingerprint density at radius 2 is 1.70 bits per heavy atom. The number of likely N-dealkylation sites (N-methyl/N-ethyl adjacent to an activating group) is 1. The van der Waals surface area contributed by atoms with Crippen LogP contribution in [0.4, 0.5) is 0 Å². The molecular formula is C38H54N4O5. The number of benzene rings is 1. The first-order valence-corrected chi connectivity index (χ1v) is 17.2. The molecule has 9 nitrogen and oxygen atoms in total. The van der Waals surface area contributed by atoms with Gasteiger partial charge in [0.05, 0.1) is 18.1 Å². The molecule has 2 aromatic rings. The molecule has 1 aromatic heterocycles. The molecule has 3 rings (SSSR count). The summed E-state index contributed by atoms with van der Waals surface area (Å²) in [7, 11) is 1.71. The van der Waals surface area contributed by atoms with Gasteiger partial charge in [0.2, 0.25) is 17.7 Å². The monoisotopic (exact) mass is 646 g/mol. The Kier molecular flexibility index (Phi) is 15.9. The van der Waals surface area contributed by atoms with E-state index in [4.69, 9.17) is 6.42 Å².